The SMILES string of the molecule is CC(C[C@H](Cc1ccccc1)NC(=O)OC(C)(C)C)P(=O)(O)O. The molecule has 1 amide bonds. The predicted molar refractivity (Wildman–Crippen MR) is 89.4 cm³/mol. The first kappa shape index (κ1) is 19.7. The standard InChI is InChI=1S/C16H26NO5P/c1-12(23(19,20)21)10-14(11-13-8-6-5-7-9-13)17-15(18)22-16(2,3)4/h5-9,12,14H,10-11H2,1-4H3,(H,17,18)(H2,19,20,21)/t12?,14-/m1/s1. The molecule has 1 aromatic rings. The molecule has 6 nitrogen and oxygen atoms in total. The van der Waals surface area contributed by atoms with Crippen molar-refractivity contribution in [1.29, 1.82) is 0 Å². The highest BCUT2D eigenvalue weighted by atomic mass is 31.2. The zero-order valence-electron chi connectivity index (χ0n) is 14.0. The molecule has 0 aliphatic carbocycles. The minimum Gasteiger partial charge on any atom is -0.444 e. The molecule has 0 aromatic heterocycles. The summed E-state index contributed by atoms with van der Waals surface area (Å²) in [5, 5.41) is 2.72. The van der Waals surface area contributed by atoms with E-state index in [1.54, 1.807) is 20.8 Å². The Hall–Kier alpha value is -1.36. The number of ether oxygens (including phenoxy) is 1. The summed E-state index contributed by atoms with van der Waals surface area (Å²) >= 11 is 0. The van der Waals surface area contributed by atoms with Crippen LogP contribution in [0.25, 0.3) is 0 Å². The molecule has 0 aliphatic heterocycles. The summed E-state index contributed by atoms with van der Waals surface area (Å²) in [4.78, 5) is 30.5. The molecule has 1 aromatic carbocycles. The molecule has 0 aliphatic rings. The van der Waals surface area contributed by atoms with Crippen molar-refractivity contribution in [2.75, 3.05) is 0 Å². The third-order valence-electron chi connectivity index (χ3n) is 3.25. The Bertz CT molecular complexity index is 549. The topological polar surface area (TPSA) is 95.9 Å². The van der Waals surface area contributed by atoms with E-state index in [0.29, 0.717) is 6.42 Å². The van der Waals surface area contributed by atoms with Crippen LogP contribution in [0.15, 0.2) is 30.3 Å². The minimum absolute atomic E-state index is 0.165. The molecular formula is C16H26NO5P. The van der Waals surface area contributed by atoms with E-state index in [-0.39, 0.29) is 6.42 Å². The van der Waals surface area contributed by atoms with Gasteiger partial charge in [-0.25, -0.2) is 4.79 Å². The van der Waals surface area contributed by atoms with Gasteiger partial charge >= 0.3 is 13.7 Å². The number of carbonyl (C=O) groups is 1. The van der Waals surface area contributed by atoms with E-state index in [2.05, 4.69) is 5.32 Å². The Morgan fingerprint density at radius 3 is 2.30 bits per heavy atom. The molecule has 0 radical (unpaired) electrons. The number of benzene rings is 1. The Balaban J connectivity index is 2.79. The van der Waals surface area contributed by atoms with Crippen LogP contribution >= 0.6 is 7.60 Å². The summed E-state index contributed by atoms with van der Waals surface area (Å²) in [6.45, 7) is 6.76. The predicted octanol–water partition coefficient (Wildman–Crippen LogP) is 3.08. The first-order valence-electron chi connectivity index (χ1n) is 7.56. The molecule has 1 unspecified atom stereocenters. The molecule has 130 valence electrons. The molecule has 0 heterocycles. The molecular weight excluding hydrogens is 317 g/mol. The van der Waals surface area contributed by atoms with Crippen LogP contribution in [0.1, 0.15) is 39.7 Å². The quantitative estimate of drug-likeness (QED) is 0.690. The Morgan fingerprint density at radius 1 is 1.26 bits per heavy atom. The molecule has 0 saturated carbocycles. The summed E-state index contributed by atoms with van der Waals surface area (Å²) in [5.74, 6) is 0. The Kier molecular flexibility index (Phi) is 6.81. The van der Waals surface area contributed by atoms with Crippen molar-refractivity contribution in [1.82, 2.24) is 5.32 Å². The molecule has 0 fully saturated rings. The highest BCUT2D eigenvalue weighted by Gasteiger charge is 2.29. The van der Waals surface area contributed by atoms with Crippen LogP contribution in [0, 0.1) is 0 Å². The van der Waals surface area contributed by atoms with Gasteiger partial charge in [0, 0.05) is 6.04 Å². The lowest BCUT2D eigenvalue weighted by atomic mass is 10.0. The maximum absolute atomic E-state index is 12.0. The van der Waals surface area contributed by atoms with Crippen LogP contribution in [-0.4, -0.2) is 33.2 Å². The van der Waals surface area contributed by atoms with Gasteiger partial charge < -0.3 is 19.8 Å². The Labute approximate surface area is 137 Å². The lowest BCUT2D eigenvalue weighted by Gasteiger charge is -2.25. The van der Waals surface area contributed by atoms with E-state index in [9.17, 15) is 19.1 Å². The number of nitrogens with one attached hydrogen (secondary N) is 1. The van der Waals surface area contributed by atoms with E-state index in [1.807, 2.05) is 30.3 Å². The van der Waals surface area contributed by atoms with E-state index in [0.717, 1.165) is 5.56 Å². The van der Waals surface area contributed by atoms with Gasteiger partial charge in [0.1, 0.15) is 5.60 Å². The van der Waals surface area contributed by atoms with Crippen molar-refractivity contribution in [2.45, 2.75) is 57.8 Å². The average Bonchev–Trinajstić information content (AvgIpc) is 2.36. The minimum atomic E-state index is -4.19. The summed E-state index contributed by atoms with van der Waals surface area (Å²) in [7, 11) is -4.19. The lowest BCUT2D eigenvalue weighted by molar-refractivity contribution is 0.0501. The summed E-state index contributed by atoms with van der Waals surface area (Å²) in [6.07, 6.45) is 0.0550. The number of alkyl carbamates (subject to hydrolysis) is 1. The fourth-order valence-corrected chi connectivity index (χ4v) is 2.64. The molecule has 23 heavy (non-hydrogen) atoms. The number of carbonyl (C=O) groups excluding carboxylic acids is 1. The van der Waals surface area contributed by atoms with Crippen LogP contribution in [0.5, 0.6) is 0 Å². The zero-order chi connectivity index (χ0) is 17.7. The van der Waals surface area contributed by atoms with Gasteiger partial charge in [0.25, 0.3) is 0 Å². The zero-order valence-corrected chi connectivity index (χ0v) is 14.9. The molecule has 0 spiro atoms. The van der Waals surface area contributed by atoms with Crippen molar-refractivity contribution in [2.24, 2.45) is 0 Å². The lowest BCUT2D eigenvalue weighted by Crippen LogP contribution is -2.41. The van der Waals surface area contributed by atoms with Gasteiger partial charge in [0.15, 0.2) is 0 Å². The van der Waals surface area contributed by atoms with Crippen LogP contribution in [0.3, 0.4) is 0 Å². The fraction of sp³-hybridized carbons (Fsp3) is 0.562. The fourth-order valence-electron chi connectivity index (χ4n) is 2.12. The van der Waals surface area contributed by atoms with Crippen molar-refractivity contribution in [3.05, 3.63) is 35.9 Å². The molecule has 7 heteroatoms. The van der Waals surface area contributed by atoms with Crippen LogP contribution in [0.2, 0.25) is 0 Å². The molecule has 3 N–H and O–H groups in total. The van der Waals surface area contributed by atoms with E-state index >= 15 is 0 Å². The second-order valence-electron chi connectivity index (χ2n) is 6.71. The molecule has 0 bridgehead atoms. The second-order valence-corrected chi connectivity index (χ2v) is 8.77. The van der Waals surface area contributed by atoms with Gasteiger partial charge in [-0.1, -0.05) is 37.3 Å². The van der Waals surface area contributed by atoms with Crippen LogP contribution in [-0.2, 0) is 15.7 Å². The normalized spacial score (nSPS) is 14.9. The van der Waals surface area contributed by atoms with Gasteiger partial charge in [0.2, 0.25) is 0 Å². The maximum atomic E-state index is 12.0. The van der Waals surface area contributed by atoms with Gasteiger partial charge in [-0.15, -0.1) is 0 Å². The van der Waals surface area contributed by atoms with Gasteiger partial charge in [0.05, 0.1) is 5.66 Å². The monoisotopic (exact) mass is 343 g/mol. The number of hydrogen-bond acceptors (Lipinski definition) is 3. The van der Waals surface area contributed by atoms with Gasteiger partial charge in [-0.3, -0.25) is 4.57 Å². The first-order valence-corrected chi connectivity index (χ1v) is 9.24. The molecule has 2 atom stereocenters. The van der Waals surface area contributed by atoms with Crippen LogP contribution < -0.4 is 5.32 Å². The van der Waals surface area contributed by atoms with Crippen molar-refractivity contribution in [3.8, 4) is 0 Å². The largest absolute Gasteiger partial charge is 0.444 e. The smallest absolute Gasteiger partial charge is 0.407 e. The third-order valence-corrected chi connectivity index (χ3v) is 4.60. The highest BCUT2D eigenvalue weighted by molar-refractivity contribution is 7.52. The average molecular weight is 343 g/mol. The highest BCUT2D eigenvalue weighted by Crippen LogP contribution is 2.43. The number of amides is 1. The van der Waals surface area contributed by atoms with Crippen molar-refractivity contribution >= 4 is 13.7 Å². The molecule has 1 rings (SSSR count). The number of rotatable bonds is 6. The molecule has 0 saturated heterocycles. The van der Waals surface area contributed by atoms with Gasteiger partial charge in [-0.2, -0.15) is 0 Å². The first-order chi connectivity index (χ1) is 10.5. The maximum Gasteiger partial charge on any atom is 0.407 e. The third kappa shape index (κ3) is 8.16. The summed E-state index contributed by atoms with van der Waals surface area (Å²) in [6, 6.07) is 9.05. The van der Waals surface area contributed by atoms with E-state index in [1.165, 1.54) is 6.92 Å². The van der Waals surface area contributed by atoms with Crippen LogP contribution in [0.4, 0.5) is 4.79 Å². The van der Waals surface area contributed by atoms with E-state index in [4.69, 9.17) is 4.74 Å². The Morgan fingerprint density at radius 2 is 1.83 bits per heavy atom. The summed E-state index contributed by atoms with van der Waals surface area (Å²) < 4.78 is 16.6. The summed E-state index contributed by atoms with van der Waals surface area (Å²) in [5.41, 5.74) is -0.492. The second kappa shape index (κ2) is 7.95. The van der Waals surface area contributed by atoms with Gasteiger partial charge in [-0.05, 0) is 39.2 Å². The van der Waals surface area contributed by atoms with Crippen molar-refractivity contribution in [3.63, 3.8) is 0 Å². The van der Waals surface area contributed by atoms with Crippen molar-refractivity contribution < 1.29 is 23.9 Å². The van der Waals surface area contributed by atoms with E-state index < -0.39 is 31.0 Å². The number of hydrogen-bond donors (Lipinski definition) is 3.